The number of ether oxygens (including phenoxy) is 2. The van der Waals surface area contributed by atoms with E-state index in [9.17, 15) is 0 Å². The average Bonchev–Trinajstić information content (AvgIpc) is 2.94. The van der Waals surface area contributed by atoms with Crippen LogP contribution in [0.15, 0.2) is 30.3 Å². The van der Waals surface area contributed by atoms with Crippen LogP contribution in [0.4, 0.5) is 0 Å². The molecule has 0 saturated heterocycles. The molecule has 1 atom stereocenters. The third-order valence-corrected chi connectivity index (χ3v) is 5.60. The van der Waals surface area contributed by atoms with Gasteiger partial charge in [-0.1, -0.05) is 28.9 Å². The second-order valence-electron chi connectivity index (χ2n) is 4.13. The SMILES string of the molecule is CCc1ccc(C(Br)c2ccc(OC)c(OC)c2)s1. The summed E-state index contributed by atoms with van der Waals surface area (Å²) < 4.78 is 10.6. The van der Waals surface area contributed by atoms with Crippen LogP contribution in [-0.4, -0.2) is 14.2 Å². The molecule has 0 amide bonds. The number of methoxy groups -OCH3 is 2. The molecule has 0 N–H and O–H groups in total. The van der Waals surface area contributed by atoms with Gasteiger partial charge in [0, 0.05) is 9.75 Å². The van der Waals surface area contributed by atoms with E-state index >= 15 is 0 Å². The van der Waals surface area contributed by atoms with Gasteiger partial charge in [-0.2, -0.15) is 0 Å². The zero-order valence-corrected chi connectivity index (χ0v) is 13.7. The highest BCUT2D eigenvalue weighted by Gasteiger charge is 2.15. The summed E-state index contributed by atoms with van der Waals surface area (Å²) in [6.45, 7) is 2.18. The van der Waals surface area contributed by atoms with Crippen LogP contribution in [0.3, 0.4) is 0 Å². The minimum atomic E-state index is 0.192. The van der Waals surface area contributed by atoms with E-state index in [0.29, 0.717) is 0 Å². The van der Waals surface area contributed by atoms with Gasteiger partial charge >= 0.3 is 0 Å². The standard InChI is InChI=1S/C15H17BrO2S/c1-4-11-6-8-14(19-11)15(16)10-5-7-12(17-2)13(9-10)18-3/h5-9,15H,4H2,1-3H3. The lowest BCUT2D eigenvalue weighted by Crippen LogP contribution is -1.94. The highest BCUT2D eigenvalue weighted by Crippen LogP contribution is 2.39. The second-order valence-corrected chi connectivity index (χ2v) is 6.25. The number of alkyl halides is 1. The van der Waals surface area contributed by atoms with Crippen molar-refractivity contribution < 1.29 is 9.47 Å². The monoisotopic (exact) mass is 340 g/mol. The van der Waals surface area contributed by atoms with Gasteiger partial charge < -0.3 is 9.47 Å². The van der Waals surface area contributed by atoms with Crippen molar-refractivity contribution in [2.75, 3.05) is 14.2 Å². The normalized spacial score (nSPS) is 12.2. The Bertz CT molecular complexity index is 551. The zero-order valence-electron chi connectivity index (χ0n) is 11.3. The Balaban J connectivity index is 2.30. The van der Waals surface area contributed by atoms with Gasteiger partial charge in [-0.3, -0.25) is 0 Å². The number of hydrogen-bond acceptors (Lipinski definition) is 3. The van der Waals surface area contributed by atoms with Crippen molar-refractivity contribution in [2.45, 2.75) is 18.2 Å². The molecule has 19 heavy (non-hydrogen) atoms. The first-order chi connectivity index (χ1) is 9.19. The number of hydrogen-bond donors (Lipinski definition) is 0. The van der Waals surface area contributed by atoms with E-state index in [1.54, 1.807) is 14.2 Å². The molecule has 0 fully saturated rings. The van der Waals surface area contributed by atoms with Crippen LogP contribution < -0.4 is 9.47 Å². The van der Waals surface area contributed by atoms with Gasteiger partial charge in [-0.25, -0.2) is 0 Å². The number of aryl methyl sites for hydroxylation is 1. The fraction of sp³-hybridized carbons (Fsp3) is 0.333. The predicted molar refractivity (Wildman–Crippen MR) is 84.0 cm³/mol. The summed E-state index contributed by atoms with van der Waals surface area (Å²) in [7, 11) is 3.31. The molecule has 4 heteroatoms. The maximum absolute atomic E-state index is 5.35. The van der Waals surface area contributed by atoms with Crippen LogP contribution in [-0.2, 0) is 6.42 Å². The molecule has 0 aliphatic carbocycles. The Morgan fingerprint density at radius 1 is 1.11 bits per heavy atom. The van der Waals surface area contributed by atoms with Crippen molar-refractivity contribution in [1.29, 1.82) is 0 Å². The van der Waals surface area contributed by atoms with Gasteiger partial charge in [0.1, 0.15) is 0 Å². The first kappa shape index (κ1) is 14.4. The van der Waals surface area contributed by atoms with E-state index in [-0.39, 0.29) is 4.83 Å². The lowest BCUT2D eigenvalue weighted by molar-refractivity contribution is 0.354. The quantitative estimate of drug-likeness (QED) is 0.727. The van der Waals surface area contributed by atoms with Crippen LogP contribution in [0.1, 0.15) is 27.1 Å². The Morgan fingerprint density at radius 2 is 1.84 bits per heavy atom. The second kappa shape index (κ2) is 6.44. The maximum atomic E-state index is 5.35. The first-order valence-electron chi connectivity index (χ1n) is 6.14. The summed E-state index contributed by atoms with van der Waals surface area (Å²) in [6, 6.07) is 10.4. The Morgan fingerprint density at radius 3 is 2.42 bits per heavy atom. The van der Waals surface area contributed by atoms with Gasteiger partial charge in [0.15, 0.2) is 11.5 Å². The molecule has 0 spiro atoms. The minimum absolute atomic E-state index is 0.192. The van der Waals surface area contributed by atoms with E-state index < -0.39 is 0 Å². The van der Waals surface area contributed by atoms with Crippen molar-refractivity contribution in [2.24, 2.45) is 0 Å². The molecule has 1 heterocycles. The summed E-state index contributed by atoms with van der Waals surface area (Å²) in [4.78, 5) is 2.90. The van der Waals surface area contributed by atoms with Crippen molar-refractivity contribution in [3.05, 3.63) is 45.6 Å². The summed E-state index contributed by atoms with van der Waals surface area (Å²) in [6.07, 6.45) is 1.08. The molecule has 2 rings (SSSR count). The first-order valence-corrected chi connectivity index (χ1v) is 7.87. The molecule has 0 aliphatic heterocycles. The molecule has 0 saturated carbocycles. The van der Waals surface area contributed by atoms with Gasteiger partial charge in [-0.15, -0.1) is 11.3 Å². The highest BCUT2D eigenvalue weighted by atomic mass is 79.9. The number of rotatable bonds is 5. The number of halogens is 1. The van der Waals surface area contributed by atoms with Crippen molar-refractivity contribution >= 4 is 27.3 Å². The molecule has 2 aromatic rings. The lowest BCUT2D eigenvalue weighted by atomic mass is 10.1. The summed E-state index contributed by atoms with van der Waals surface area (Å²) in [5, 5.41) is 0. The van der Waals surface area contributed by atoms with Crippen LogP contribution in [0.5, 0.6) is 11.5 Å². The Kier molecular flexibility index (Phi) is 4.88. The van der Waals surface area contributed by atoms with Gasteiger partial charge in [-0.05, 0) is 36.2 Å². The fourth-order valence-corrected chi connectivity index (χ4v) is 3.57. The van der Waals surface area contributed by atoms with Crippen molar-refractivity contribution in [1.82, 2.24) is 0 Å². The molecule has 0 aliphatic rings. The highest BCUT2D eigenvalue weighted by molar-refractivity contribution is 9.09. The molecule has 102 valence electrons. The molecule has 0 radical (unpaired) electrons. The third kappa shape index (κ3) is 3.12. The van der Waals surface area contributed by atoms with Gasteiger partial charge in [0.2, 0.25) is 0 Å². The molecular formula is C15H17BrO2S. The number of benzene rings is 1. The average molecular weight is 341 g/mol. The van der Waals surface area contributed by atoms with Crippen LogP contribution in [0.2, 0.25) is 0 Å². The van der Waals surface area contributed by atoms with Crippen LogP contribution >= 0.6 is 27.3 Å². The number of thiophene rings is 1. The van der Waals surface area contributed by atoms with E-state index in [4.69, 9.17) is 9.47 Å². The molecule has 1 aromatic carbocycles. The molecular weight excluding hydrogens is 324 g/mol. The fourth-order valence-electron chi connectivity index (χ4n) is 1.90. The van der Waals surface area contributed by atoms with E-state index in [1.807, 2.05) is 23.5 Å². The lowest BCUT2D eigenvalue weighted by Gasteiger charge is -2.12. The third-order valence-electron chi connectivity index (χ3n) is 2.98. The van der Waals surface area contributed by atoms with Gasteiger partial charge in [0.25, 0.3) is 0 Å². The predicted octanol–water partition coefficient (Wildman–Crippen LogP) is 4.81. The van der Waals surface area contributed by atoms with Crippen molar-refractivity contribution in [3.8, 4) is 11.5 Å². The molecule has 1 aromatic heterocycles. The maximum Gasteiger partial charge on any atom is 0.161 e. The molecule has 2 nitrogen and oxygen atoms in total. The van der Waals surface area contributed by atoms with Crippen LogP contribution in [0.25, 0.3) is 0 Å². The summed E-state index contributed by atoms with van der Waals surface area (Å²) in [5.41, 5.74) is 1.17. The minimum Gasteiger partial charge on any atom is -0.493 e. The summed E-state index contributed by atoms with van der Waals surface area (Å²) in [5.74, 6) is 1.52. The topological polar surface area (TPSA) is 18.5 Å². The molecule has 1 unspecified atom stereocenters. The smallest absolute Gasteiger partial charge is 0.161 e. The van der Waals surface area contributed by atoms with Crippen LogP contribution in [0, 0.1) is 0 Å². The molecule has 0 bridgehead atoms. The zero-order chi connectivity index (χ0) is 13.8. The van der Waals surface area contributed by atoms with Crippen molar-refractivity contribution in [3.63, 3.8) is 0 Å². The Labute approximate surface area is 126 Å². The Hall–Kier alpha value is -1.00. The largest absolute Gasteiger partial charge is 0.493 e. The summed E-state index contributed by atoms with van der Waals surface area (Å²) >= 11 is 5.60. The van der Waals surface area contributed by atoms with E-state index in [2.05, 4.69) is 41.1 Å². The van der Waals surface area contributed by atoms with E-state index in [0.717, 1.165) is 17.9 Å². The van der Waals surface area contributed by atoms with E-state index in [1.165, 1.54) is 15.3 Å². The van der Waals surface area contributed by atoms with Gasteiger partial charge in [0.05, 0.1) is 19.0 Å².